The van der Waals surface area contributed by atoms with Gasteiger partial charge in [0.15, 0.2) is 0 Å². The number of aromatic amines is 1. The van der Waals surface area contributed by atoms with Gasteiger partial charge in [-0.15, -0.1) is 0 Å². The fourth-order valence-corrected chi connectivity index (χ4v) is 4.08. The summed E-state index contributed by atoms with van der Waals surface area (Å²) in [6, 6.07) is 0.750. The number of aromatic nitrogens is 2. The summed E-state index contributed by atoms with van der Waals surface area (Å²) >= 11 is 0. The highest BCUT2D eigenvalue weighted by Crippen LogP contribution is 2.33. The Labute approximate surface area is 132 Å². The molecule has 2 fully saturated rings. The molecule has 0 spiro atoms. The van der Waals surface area contributed by atoms with Gasteiger partial charge >= 0.3 is 0 Å². The van der Waals surface area contributed by atoms with Gasteiger partial charge in [0.2, 0.25) is 5.91 Å². The molecule has 1 aromatic rings. The zero-order valence-corrected chi connectivity index (χ0v) is 13.4. The number of rotatable bonds is 6. The number of hydrogen-bond donors (Lipinski definition) is 2. The van der Waals surface area contributed by atoms with Crippen LogP contribution in [-0.2, 0) is 11.2 Å². The second-order valence-electron chi connectivity index (χ2n) is 6.72. The van der Waals surface area contributed by atoms with Crippen LogP contribution in [0.5, 0.6) is 0 Å². The molecule has 0 aliphatic carbocycles. The lowest BCUT2D eigenvalue weighted by atomic mass is 9.81. The number of amides is 1. The van der Waals surface area contributed by atoms with Gasteiger partial charge in [0.25, 0.3) is 0 Å². The number of carbonyl (C=O) groups is 1. The number of nitrogens with one attached hydrogen (secondary N) is 2. The Hall–Kier alpha value is -1.36. The van der Waals surface area contributed by atoms with Gasteiger partial charge in [0.1, 0.15) is 0 Å². The highest BCUT2D eigenvalue weighted by molar-refractivity contribution is 5.75. The van der Waals surface area contributed by atoms with Crippen LogP contribution in [0, 0.1) is 5.92 Å². The number of imidazole rings is 1. The molecule has 2 atom stereocenters. The molecule has 2 aliphatic rings. The van der Waals surface area contributed by atoms with Crippen molar-refractivity contribution in [2.24, 2.45) is 5.92 Å². The predicted molar refractivity (Wildman–Crippen MR) is 86.5 cm³/mol. The van der Waals surface area contributed by atoms with Gasteiger partial charge in [-0.05, 0) is 51.1 Å². The predicted octanol–water partition coefficient (Wildman–Crippen LogP) is 2.11. The summed E-state index contributed by atoms with van der Waals surface area (Å²) in [6.07, 6.45) is 12.7. The molecule has 0 unspecified atom stereocenters. The Bertz CT molecular complexity index is 457. The molecule has 0 saturated carbocycles. The monoisotopic (exact) mass is 304 g/mol. The number of fused-ring (bicyclic) bond motifs is 1. The third-order valence-corrected chi connectivity index (χ3v) is 5.24. The molecule has 3 rings (SSSR count). The number of carbonyl (C=O) groups excluding carboxylic acids is 1. The Morgan fingerprint density at radius 3 is 3.09 bits per heavy atom. The molecule has 22 heavy (non-hydrogen) atoms. The Morgan fingerprint density at radius 1 is 1.32 bits per heavy atom. The Balaban J connectivity index is 1.36. The summed E-state index contributed by atoms with van der Waals surface area (Å²) in [4.78, 5) is 21.7. The first kappa shape index (κ1) is 15.5. The first-order valence-electron chi connectivity index (χ1n) is 8.81. The highest BCUT2D eigenvalue weighted by atomic mass is 16.1. The second-order valence-corrected chi connectivity index (χ2v) is 6.72. The molecule has 2 N–H and O–H groups in total. The molecule has 0 aromatic carbocycles. The van der Waals surface area contributed by atoms with Crippen molar-refractivity contribution in [1.29, 1.82) is 0 Å². The largest absolute Gasteiger partial charge is 0.356 e. The minimum atomic E-state index is 0.201. The third-order valence-electron chi connectivity index (χ3n) is 5.24. The van der Waals surface area contributed by atoms with Crippen molar-refractivity contribution in [3.05, 3.63) is 18.2 Å². The lowest BCUT2D eigenvalue weighted by molar-refractivity contribution is -0.121. The van der Waals surface area contributed by atoms with Crippen molar-refractivity contribution >= 4 is 5.91 Å². The SMILES string of the molecule is O=C(CC[C@@H]1CCCN2CCCC[C@H]12)NCCc1cnc[nH]1. The molecule has 5 heteroatoms. The molecular formula is C17H28N4O. The van der Waals surface area contributed by atoms with E-state index < -0.39 is 0 Å². The van der Waals surface area contributed by atoms with E-state index in [1.54, 1.807) is 6.33 Å². The number of nitrogens with zero attached hydrogens (tertiary/aromatic N) is 2. The van der Waals surface area contributed by atoms with E-state index in [2.05, 4.69) is 20.2 Å². The molecular weight excluding hydrogens is 276 g/mol. The molecule has 5 nitrogen and oxygen atoms in total. The first-order chi connectivity index (χ1) is 10.8. The molecule has 1 amide bonds. The summed E-state index contributed by atoms with van der Waals surface area (Å²) < 4.78 is 0. The van der Waals surface area contributed by atoms with E-state index in [0.717, 1.165) is 30.5 Å². The number of H-pyrrole nitrogens is 1. The van der Waals surface area contributed by atoms with Gasteiger partial charge in [-0.3, -0.25) is 4.79 Å². The average Bonchev–Trinajstić information content (AvgIpc) is 3.06. The fourth-order valence-electron chi connectivity index (χ4n) is 4.08. The zero-order valence-electron chi connectivity index (χ0n) is 13.4. The van der Waals surface area contributed by atoms with Crippen LogP contribution in [0.15, 0.2) is 12.5 Å². The maximum Gasteiger partial charge on any atom is 0.220 e. The van der Waals surface area contributed by atoms with Crippen LogP contribution in [-0.4, -0.2) is 46.5 Å². The Morgan fingerprint density at radius 2 is 2.23 bits per heavy atom. The molecule has 0 bridgehead atoms. The molecule has 3 heterocycles. The van der Waals surface area contributed by atoms with Gasteiger partial charge in [0.05, 0.1) is 6.33 Å². The van der Waals surface area contributed by atoms with E-state index in [4.69, 9.17) is 0 Å². The topological polar surface area (TPSA) is 61.0 Å². The molecule has 1 aromatic heterocycles. The van der Waals surface area contributed by atoms with Crippen molar-refractivity contribution in [2.45, 2.75) is 57.4 Å². The van der Waals surface area contributed by atoms with Crippen molar-refractivity contribution in [2.75, 3.05) is 19.6 Å². The summed E-state index contributed by atoms with van der Waals surface area (Å²) in [7, 11) is 0. The van der Waals surface area contributed by atoms with E-state index >= 15 is 0 Å². The van der Waals surface area contributed by atoms with Crippen LogP contribution in [0.25, 0.3) is 0 Å². The first-order valence-corrected chi connectivity index (χ1v) is 8.81. The average molecular weight is 304 g/mol. The van der Waals surface area contributed by atoms with E-state index in [1.165, 1.54) is 45.2 Å². The number of piperidine rings is 2. The van der Waals surface area contributed by atoms with Gasteiger partial charge in [-0.1, -0.05) is 6.42 Å². The molecule has 2 saturated heterocycles. The van der Waals surface area contributed by atoms with Crippen LogP contribution >= 0.6 is 0 Å². The van der Waals surface area contributed by atoms with Crippen LogP contribution in [0.2, 0.25) is 0 Å². The Kier molecular flexibility index (Phi) is 5.48. The van der Waals surface area contributed by atoms with Gasteiger partial charge in [-0.25, -0.2) is 4.98 Å². The summed E-state index contributed by atoms with van der Waals surface area (Å²) in [5.74, 6) is 0.930. The minimum Gasteiger partial charge on any atom is -0.356 e. The van der Waals surface area contributed by atoms with Gasteiger partial charge < -0.3 is 15.2 Å². The second kappa shape index (κ2) is 7.77. The zero-order chi connectivity index (χ0) is 15.2. The van der Waals surface area contributed by atoms with E-state index in [-0.39, 0.29) is 5.91 Å². The van der Waals surface area contributed by atoms with Crippen LogP contribution in [0.3, 0.4) is 0 Å². The van der Waals surface area contributed by atoms with Gasteiger partial charge in [-0.2, -0.15) is 0 Å². The van der Waals surface area contributed by atoms with Crippen molar-refractivity contribution in [3.8, 4) is 0 Å². The standard InChI is InChI=1S/C17H28N4O/c22-17(19-9-8-15-12-18-13-20-15)7-6-14-4-3-11-21-10-2-1-5-16(14)21/h12-14,16H,1-11H2,(H,18,20)(H,19,22)/t14-,16+/m0/s1. The van der Waals surface area contributed by atoms with Crippen molar-refractivity contribution < 1.29 is 4.79 Å². The van der Waals surface area contributed by atoms with Crippen LogP contribution < -0.4 is 5.32 Å². The van der Waals surface area contributed by atoms with Gasteiger partial charge in [0, 0.05) is 37.3 Å². The maximum atomic E-state index is 12.0. The molecule has 2 aliphatic heterocycles. The summed E-state index contributed by atoms with van der Waals surface area (Å²) in [5, 5.41) is 3.03. The quantitative estimate of drug-likeness (QED) is 0.846. The normalized spacial score (nSPS) is 25.6. The summed E-state index contributed by atoms with van der Waals surface area (Å²) in [6.45, 7) is 3.25. The minimum absolute atomic E-state index is 0.201. The molecule has 122 valence electrons. The lowest BCUT2D eigenvalue weighted by Gasteiger charge is -2.44. The summed E-state index contributed by atoms with van der Waals surface area (Å²) in [5.41, 5.74) is 1.07. The third kappa shape index (κ3) is 4.09. The highest BCUT2D eigenvalue weighted by Gasteiger charge is 2.32. The van der Waals surface area contributed by atoms with E-state index in [0.29, 0.717) is 13.0 Å². The van der Waals surface area contributed by atoms with Crippen molar-refractivity contribution in [1.82, 2.24) is 20.2 Å². The van der Waals surface area contributed by atoms with Crippen LogP contribution in [0.1, 0.15) is 50.6 Å². The van der Waals surface area contributed by atoms with E-state index in [1.807, 2.05) is 6.20 Å². The smallest absolute Gasteiger partial charge is 0.220 e. The number of hydrogen-bond acceptors (Lipinski definition) is 3. The fraction of sp³-hybridized carbons (Fsp3) is 0.765. The van der Waals surface area contributed by atoms with Crippen LogP contribution in [0.4, 0.5) is 0 Å². The van der Waals surface area contributed by atoms with E-state index in [9.17, 15) is 4.79 Å². The molecule has 0 radical (unpaired) electrons. The maximum absolute atomic E-state index is 12.0. The lowest BCUT2D eigenvalue weighted by Crippen LogP contribution is -2.48. The van der Waals surface area contributed by atoms with Crippen molar-refractivity contribution in [3.63, 3.8) is 0 Å².